The average molecular weight is 285 g/mol. The Morgan fingerprint density at radius 1 is 1.16 bits per heavy atom. The molecule has 0 bridgehead atoms. The molecule has 0 atom stereocenters. The van der Waals surface area contributed by atoms with Crippen LogP contribution in [0.3, 0.4) is 0 Å². The van der Waals surface area contributed by atoms with Crippen molar-refractivity contribution in [3.63, 3.8) is 0 Å². The number of benzene rings is 1. The Kier molecular flexibility index (Phi) is 5.52. The largest absolute Gasteiger partial charge is 0.392 e. The summed E-state index contributed by atoms with van der Waals surface area (Å²) in [6, 6.07) is 6.40. The zero-order chi connectivity index (χ0) is 14.5. The molecule has 2 N–H and O–H groups in total. The fourth-order valence-electron chi connectivity index (χ4n) is 2.12. The van der Waals surface area contributed by atoms with E-state index in [0.717, 1.165) is 19.3 Å². The van der Waals surface area contributed by atoms with Crippen LogP contribution in [-0.4, -0.2) is 19.1 Å². The first kappa shape index (κ1) is 16.1. The van der Waals surface area contributed by atoms with Crippen LogP contribution in [0.25, 0.3) is 0 Å². The van der Waals surface area contributed by atoms with Crippen LogP contribution in [-0.2, 0) is 16.6 Å². The molecule has 1 aromatic rings. The summed E-state index contributed by atoms with van der Waals surface area (Å²) in [5.41, 5.74) is 0.201. The van der Waals surface area contributed by atoms with Crippen molar-refractivity contribution in [3.05, 3.63) is 29.8 Å². The predicted octanol–water partition coefficient (Wildman–Crippen LogP) is 2.43. The highest BCUT2D eigenvalue weighted by Gasteiger charge is 2.30. The van der Waals surface area contributed by atoms with E-state index in [-0.39, 0.29) is 11.5 Å². The van der Waals surface area contributed by atoms with E-state index >= 15 is 0 Å². The Balaban J connectivity index is 3.10. The molecule has 0 aliphatic rings. The fraction of sp³-hybridized carbons (Fsp3) is 0.571. The molecule has 0 unspecified atom stereocenters. The maximum Gasteiger partial charge on any atom is 0.241 e. The van der Waals surface area contributed by atoms with Crippen LogP contribution in [0.15, 0.2) is 29.2 Å². The van der Waals surface area contributed by atoms with Crippen LogP contribution in [0, 0.1) is 0 Å². The molecule has 0 heterocycles. The van der Waals surface area contributed by atoms with Gasteiger partial charge in [-0.15, -0.1) is 0 Å². The molecule has 0 radical (unpaired) electrons. The van der Waals surface area contributed by atoms with Gasteiger partial charge in [-0.25, -0.2) is 13.1 Å². The summed E-state index contributed by atoms with van der Waals surface area (Å²) in [7, 11) is -3.55. The Bertz CT molecular complexity index is 499. The van der Waals surface area contributed by atoms with Crippen LogP contribution < -0.4 is 4.72 Å². The van der Waals surface area contributed by atoms with Gasteiger partial charge in [0.05, 0.1) is 11.5 Å². The topological polar surface area (TPSA) is 66.4 Å². The van der Waals surface area contributed by atoms with Gasteiger partial charge >= 0.3 is 0 Å². The first-order chi connectivity index (χ1) is 8.93. The Hall–Kier alpha value is -0.910. The third kappa shape index (κ3) is 3.78. The second kappa shape index (κ2) is 6.50. The number of rotatable bonds is 7. The van der Waals surface area contributed by atoms with Gasteiger partial charge in [-0.3, -0.25) is 0 Å². The number of hydrogen-bond acceptors (Lipinski definition) is 3. The first-order valence-electron chi connectivity index (χ1n) is 6.66. The van der Waals surface area contributed by atoms with Crippen molar-refractivity contribution in [1.82, 2.24) is 4.72 Å². The van der Waals surface area contributed by atoms with E-state index in [1.165, 1.54) is 6.07 Å². The molecule has 1 aromatic carbocycles. The minimum absolute atomic E-state index is 0.163. The number of nitrogens with one attached hydrogen (secondary N) is 1. The van der Waals surface area contributed by atoms with Crippen LogP contribution in [0.2, 0.25) is 0 Å². The molecule has 0 amide bonds. The Morgan fingerprint density at radius 2 is 1.74 bits per heavy atom. The van der Waals surface area contributed by atoms with Crippen LogP contribution in [0.5, 0.6) is 0 Å². The molecule has 0 saturated carbocycles. The van der Waals surface area contributed by atoms with Crippen molar-refractivity contribution in [2.75, 3.05) is 0 Å². The Labute approximate surface area is 115 Å². The molecule has 5 heteroatoms. The van der Waals surface area contributed by atoms with E-state index in [9.17, 15) is 8.42 Å². The van der Waals surface area contributed by atoms with Crippen molar-refractivity contribution in [2.24, 2.45) is 0 Å². The molecule has 0 fully saturated rings. The van der Waals surface area contributed by atoms with E-state index in [1.807, 2.05) is 20.8 Å². The van der Waals surface area contributed by atoms with Crippen molar-refractivity contribution in [1.29, 1.82) is 0 Å². The molecule has 0 aliphatic heterocycles. The summed E-state index contributed by atoms with van der Waals surface area (Å²) < 4.78 is 27.6. The van der Waals surface area contributed by atoms with Gasteiger partial charge in [-0.05, 0) is 37.0 Å². The van der Waals surface area contributed by atoms with E-state index in [1.54, 1.807) is 18.2 Å². The van der Waals surface area contributed by atoms with Gasteiger partial charge in [0, 0.05) is 5.54 Å². The minimum Gasteiger partial charge on any atom is -0.392 e. The van der Waals surface area contributed by atoms with Gasteiger partial charge in [0.15, 0.2) is 0 Å². The fourth-order valence-corrected chi connectivity index (χ4v) is 3.81. The first-order valence-corrected chi connectivity index (χ1v) is 8.15. The summed E-state index contributed by atoms with van der Waals surface area (Å²) in [6.45, 7) is 5.79. The predicted molar refractivity (Wildman–Crippen MR) is 76.3 cm³/mol. The highest BCUT2D eigenvalue weighted by molar-refractivity contribution is 7.89. The average Bonchev–Trinajstić information content (AvgIpc) is 2.45. The lowest BCUT2D eigenvalue weighted by Gasteiger charge is -2.31. The lowest BCUT2D eigenvalue weighted by Crippen LogP contribution is -2.46. The lowest BCUT2D eigenvalue weighted by atomic mass is 9.91. The summed E-state index contributed by atoms with van der Waals surface area (Å²) in [6.07, 6.45) is 2.25. The minimum atomic E-state index is -3.55. The van der Waals surface area contributed by atoms with Gasteiger partial charge < -0.3 is 5.11 Å². The maximum atomic E-state index is 12.4. The molecular formula is C14H23NO3S. The highest BCUT2D eigenvalue weighted by Crippen LogP contribution is 2.23. The second-order valence-electron chi connectivity index (χ2n) is 4.75. The Morgan fingerprint density at radius 3 is 2.21 bits per heavy atom. The quantitative estimate of drug-likeness (QED) is 0.808. The van der Waals surface area contributed by atoms with E-state index in [4.69, 9.17) is 5.11 Å². The van der Waals surface area contributed by atoms with Crippen molar-refractivity contribution < 1.29 is 13.5 Å². The summed E-state index contributed by atoms with van der Waals surface area (Å²) in [5, 5.41) is 9.08. The lowest BCUT2D eigenvalue weighted by molar-refractivity contribution is 0.281. The molecule has 19 heavy (non-hydrogen) atoms. The molecule has 4 nitrogen and oxygen atoms in total. The van der Waals surface area contributed by atoms with E-state index in [0.29, 0.717) is 5.56 Å². The number of aliphatic hydroxyl groups excluding tert-OH is 1. The van der Waals surface area contributed by atoms with Crippen molar-refractivity contribution in [3.8, 4) is 0 Å². The molecule has 0 aromatic heterocycles. The van der Waals surface area contributed by atoms with Crippen LogP contribution >= 0.6 is 0 Å². The van der Waals surface area contributed by atoms with E-state index in [2.05, 4.69) is 4.72 Å². The third-order valence-corrected chi connectivity index (χ3v) is 5.35. The van der Waals surface area contributed by atoms with Gasteiger partial charge in [-0.1, -0.05) is 32.9 Å². The monoisotopic (exact) mass is 285 g/mol. The van der Waals surface area contributed by atoms with Gasteiger partial charge in [-0.2, -0.15) is 0 Å². The zero-order valence-electron chi connectivity index (χ0n) is 11.8. The third-order valence-electron chi connectivity index (χ3n) is 3.77. The van der Waals surface area contributed by atoms with Crippen molar-refractivity contribution >= 4 is 10.0 Å². The zero-order valence-corrected chi connectivity index (χ0v) is 12.6. The molecule has 0 spiro atoms. The molecule has 108 valence electrons. The number of aliphatic hydroxyl groups is 1. The smallest absolute Gasteiger partial charge is 0.241 e. The summed E-state index contributed by atoms with van der Waals surface area (Å²) in [5.74, 6) is 0. The summed E-state index contributed by atoms with van der Waals surface area (Å²) in [4.78, 5) is 0.207. The SMILES string of the molecule is CCC(CC)(CC)NS(=O)(=O)c1cccc(CO)c1. The molecule has 0 aliphatic carbocycles. The molecular weight excluding hydrogens is 262 g/mol. The van der Waals surface area contributed by atoms with Gasteiger partial charge in [0.2, 0.25) is 10.0 Å². The normalized spacial score (nSPS) is 12.6. The summed E-state index contributed by atoms with van der Waals surface area (Å²) >= 11 is 0. The highest BCUT2D eigenvalue weighted by atomic mass is 32.2. The van der Waals surface area contributed by atoms with Gasteiger partial charge in [0.25, 0.3) is 0 Å². The standard InChI is InChI=1S/C14H23NO3S/c1-4-14(5-2,6-3)15-19(17,18)13-9-7-8-12(10-13)11-16/h7-10,15-16H,4-6,11H2,1-3H3. The van der Waals surface area contributed by atoms with Crippen LogP contribution in [0.4, 0.5) is 0 Å². The number of sulfonamides is 1. The molecule has 0 saturated heterocycles. The number of hydrogen-bond donors (Lipinski definition) is 2. The molecule has 1 rings (SSSR count). The van der Waals surface area contributed by atoms with Crippen LogP contribution in [0.1, 0.15) is 45.6 Å². The maximum absolute atomic E-state index is 12.4. The van der Waals surface area contributed by atoms with Gasteiger partial charge in [0.1, 0.15) is 0 Å². The van der Waals surface area contributed by atoms with E-state index < -0.39 is 15.6 Å². The van der Waals surface area contributed by atoms with Crippen molar-refractivity contribution in [2.45, 2.75) is 57.1 Å². The second-order valence-corrected chi connectivity index (χ2v) is 6.43.